The van der Waals surface area contributed by atoms with Crippen molar-refractivity contribution in [3.63, 3.8) is 0 Å². The van der Waals surface area contributed by atoms with Gasteiger partial charge in [0.1, 0.15) is 5.75 Å². The van der Waals surface area contributed by atoms with Gasteiger partial charge in [0.2, 0.25) is 12.7 Å². The zero-order valence-electron chi connectivity index (χ0n) is 21.8. The van der Waals surface area contributed by atoms with Crippen LogP contribution in [0.5, 0.6) is 17.2 Å². The maximum atomic E-state index is 13.7. The van der Waals surface area contributed by atoms with Crippen molar-refractivity contribution in [3.8, 4) is 17.2 Å². The normalized spacial score (nSPS) is 11.6. The lowest BCUT2D eigenvalue weighted by Gasteiger charge is -2.24. The SMILES string of the molecule is COc1ccc(CCNC(=O)Cc2cccc(N(Cc3ccccc3)C(=O)c3ccc4c(c3)OCO4)c2)cc1. The second kappa shape index (κ2) is 12.2. The van der Waals surface area contributed by atoms with E-state index in [1.54, 1.807) is 30.2 Å². The summed E-state index contributed by atoms with van der Waals surface area (Å²) in [6, 6.07) is 30.4. The zero-order valence-corrected chi connectivity index (χ0v) is 21.8. The minimum Gasteiger partial charge on any atom is -0.497 e. The average molecular weight is 523 g/mol. The standard InChI is InChI=1S/C32H30N2O5/c1-37-28-13-10-23(11-14-28)16-17-33-31(35)19-25-8-5-9-27(18-25)34(21-24-6-3-2-4-7-24)32(36)26-12-15-29-30(20-26)39-22-38-29/h2-15,18,20H,16-17,19,21-22H2,1H3,(H,33,35). The second-order valence-electron chi connectivity index (χ2n) is 9.24. The number of nitrogens with zero attached hydrogens (tertiary/aromatic N) is 1. The Morgan fingerprint density at radius 2 is 1.59 bits per heavy atom. The number of amides is 2. The summed E-state index contributed by atoms with van der Waals surface area (Å²) in [5, 5.41) is 2.99. The van der Waals surface area contributed by atoms with E-state index in [2.05, 4.69) is 5.32 Å². The smallest absolute Gasteiger partial charge is 0.258 e. The number of carbonyl (C=O) groups excluding carboxylic acids is 2. The van der Waals surface area contributed by atoms with E-state index < -0.39 is 0 Å². The van der Waals surface area contributed by atoms with E-state index >= 15 is 0 Å². The molecule has 5 rings (SSSR count). The van der Waals surface area contributed by atoms with Gasteiger partial charge in [-0.3, -0.25) is 9.59 Å². The van der Waals surface area contributed by atoms with E-state index in [0.717, 1.165) is 28.9 Å². The molecule has 2 amide bonds. The Morgan fingerprint density at radius 3 is 2.38 bits per heavy atom. The lowest BCUT2D eigenvalue weighted by atomic mass is 10.1. The van der Waals surface area contributed by atoms with E-state index in [1.807, 2.05) is 78.9 Å². The van der Waals surface area contributed by atoms with Crippen molar-refractivity contribution in [1.82, 2.24) is 5.32 Å². The Hall–Kier alpha value is -4.78. The van der Waals surface area contributed by atoms with E-state index in [1.165, 1.54) is 0 Å². The molecule has 0 unspecified atom stereocenters. The number of benzene rings is 4. The first kappa shape index (κ1) is 25.9. The predicted molar refractivity (Wildman–Crippen MR) is 149 cm³/mol. The van der Waals surface area contributed by atoms with Crippen molar-refractivity contribution in [1.29, 1.82) is 0 Å². The lowest BCUT2D eigenvalue weighted by Crippen LogP contribution is -2.31. The number of anilines is 1. The van der Waals surface area contributed by atoms with Crippen molar-refractivity contribution in [2.75, 3.05) is 25.3 Å². The van der Waals surface area contributed by atoms with E-state index in [-0.39, 0.29) is 25.0 Å². The van der Waals surface area contributed by atoms with Gasteiger partial charge in [-0.2, -0.15) is 0 Å². The van der Waals surface area contributed by atoms with Crippen LogP contribution >= 0.6 is 0 Å². The summed E-state index contributed by atoms with van der Waals surface area (Å²) in [5.74, 6) is 1.75. The largest absolute Gasteiger partial charge is 0.497 e. The van der Waals surface area contributed by atoms with Crippen LogP contribution in [0.4, 0.5) is 5.69 Å². The quantitative estimate of drug-likeness (QED) is 0.311. The number of hydrogen-bond acceptors (Lipinski definition) is 5. The summed E-state index contributed by atoms with van der Waals surface area (Å²) in [6.45, 7) is 1.06. The van der Waals surface area contributed by atoms with Gasteiger partial charge in [0.05, 0.1) is 20.1 Å². The van der Waals surface area contributed by atoms with Crippen molar-refractivity contribution in [3.05, 3.63) is 119 Å². The Balaban J connectivity index is 1.29. The van der Waals surface area contributed by atoms with Crippen molar-refractivity contribution in [2.45, 2.75) is 19.4 Å². The molecule has 4 aromatic carbocycles. The van der Waals surface area contributed by atoms with Crippen molar-refractivity contribution < 1.29 is 23.8 Å². The number of hydrogen-bond donors (Lipinski definition) is 1. The van der Waals surface area contributed by atoms with Gasteiger partial charge < -0.3 is 24.4 Å². The summed E-state index contributed by atoms with van der Waals surface area (Å²) in [5.41, 5.74) is 4.15. The summed E-state index contributed by atoms with van der Waals surface area (Å²) in [6.07, 6.45) is 0.943. The van der Waals surface area contributed by atoms with E-state index in [4.69, 9.17) is 14.2 Å². The number of ether oxygens (including phenoxy) is 3. The van der Waals surface area contributed by atoms with Gasteiger partial charge in [-0.1, -0.05) is 54.6 Å². The van der Waals surface area contributed by atoms with Crippen LogP contribution in [0.2, 0.25) is 0 Å². The van der Waals surface area contributed by atoms with Gasteiger partial charge >= 0.3 is 0 Å². The molecule has 0 aromatic heterocycles. The Morgan fingerprint density at radius 1 is 0.821 bits per heavy atom. The fourth-order valence-corrected chi connectivity index (χ4v) is 4.45. The second-order valence-corrected chi connectivity index (χ2v) is 9.24. The van der Waals surface area contributed by atoms with Crippen molar-refractivity contribution >= 4 is 17.5 Å². The molecular formula is C32H30N2O5. The van der Waals surface area contributed by atoms with Gasteiger partial charge in [-0.25, -0.2) is 0 Å². The minimum atomic E-state index is -0.168. The maximum absolute atomic E-state index is 13.7. The first-order chi connectivity index (χ1) is 19.1. The maximum Gasteiger partial charge on any atom is 0.258 e. The van der Waals surface area contributed by atoms with E-state index in [9.17, 15) is 9.59 Å². The highest BCUT2D eigenvalue weighted by Crippen LogP contribution is 2.33. The van der Waals surface area contributed by atoms with Crippen LogP contribution in [0, 0.1) is 0 Å². The monoisotopic (exact) mass is 522 g/mol. The zero-order chi connectivity index (χ0) is 27.0. The van der Waals surface area contributed by atoms with Crippen molar-refractivity contribution in [2.24, 2.45) is 0 Å². The molecule has 0 saturated carbocycles. The summed E-state index contributed by atoms with van der Waals surface area (Å²) >= 11 is 0. The third-order valence-corrected chi connectivity index (χ3v) is 6.53. The van der Waals surface area contributed by atoms with Gasteiger partial charge in [-0.15, -0.1) is 0 Å². The number of rotatable bonds is 10. The van der Waals surface area contributed by atoms with Crippen LogP contribution in [-0.4, -0.2) is 32.3 Å². The van der Waals surface area contributed by atoms with Crippen LogP contribution in [0.15, 0.2) is 97.1 Å². The molecule has 0 saturated heterocycles. The summed E-state index contributed by atoms with van der Waals surface area (Å²) in [7, 11) is 1.64. The van der Waals surface area contributed by atoms with E-state index in [0.29, 0.717) is 35.8 Å². The molecule has 0 radical (unpaired) electrons. The molecule has 0 spiro atoms. The van der Waals surface area contributed by atoms with Crippen LogP contribution in [0.3, 0.4) is 0 Å². The highest BCUT2D eigenvalue weighted by Gasteiger charge is 2.22. The fourth-order valence-electron chi connectivity index (χ4n) is 4.45. The lowest BCUT2D eigenvalue weighted by molar-refractivity contribution is -0.120. The average Bonchev–Trinajstić information content (AvgIpc) is 3.45. The van der Waals surface area contributed by atoms with Gasteiger partial charge in [0.15, 0.2) is 11.5 Å². The highest BCUT2D eigenvalue weighted by atomic mass is 16.7. The fraction of sp³-hybridized carbons (Fsp3) is 0.188. The van der Waals surface area contributed by atoms with Gasteiger partial charge in [0.25, 0.3) is 5.91 Å². The third-order valence-electron chi connectivity index (χ3n) is 6.53. The number of methoxy groups -OCH3 is 1. The van der Waals surface area contributed by atoms with Crippen LogP contribution in [-0.2, 0) is 24.2 Å². The molecule has 0 aliphatic carbocycles. The molecule has 1 heterocycles. The molecule has 7 heteroatoms. The first-order valence-electron chi connectivity index (χ1n) is 12.8. The highest BCUT2D eigenvalue weighted by molar-refractivity contribution is 6.06. The minimum absolute atomic E-state index is 0.0719. The van der Waals surface area contributed by atoms with Crippen LogP contribution in [0.25, 0.3) is 0 Å². The molecule has 7 nitrogen and oxygen atoms in total. The molecule has 198 valence electrons. The molecule has 1 aliphatic rings. The molecule has 1 aliphatic heterocycles. The molecule has 0 atom stereocenters. The molecular weight excluding hydrogens is 492 g/mol. The van der Waals surface area contributed by atoms with Crippen LogP contribution in [0.1, 0.15) is 27.0 Å². The molecule has 4 aromatic rings. The number of fused-ring (bicyclic) bond motifs is 1. The van der Waals surface area contributed by atoms with Crippen LogP contribution < -0.4 is 24.4 Å². The van der Waals surface area contributed by atoms with Gasteiger partial charge in [-0.05, 0) is 65.6 Å². The predicted octanol–water partition coefficient (Wildman–Crippen LogP) is 5.17. The molecule has 39 heavy (non-hydrogen) atoms. The summed E-state index contributed by atoms with van der Waals surface area (Å²) < 4.78 is 16.1. The molecule has 0 bridgehead atoms. The number of nitrogens with one attached hydrogen (secondary N) is 1. The third kappa shape index (κ3) is 6.57. The molecule has 0 fully saturated rings. The Labute approximate surface area is 227 Å². The topological polar surface area (TPSA) is 77.1 Å². The Bertz CT molecular complexity index is 1440. The summed E-state index contributed by atoms with van der Waals surface area (Å²) in [4.78, 5) is 28.2. The number of carbonyl (C=O) groups is 2. The Kier molecular flexibility index (Phi) is 8.07. The molecule has 1 N–H and O–H groups in total. The first-order valence-corrected chi connectivity index (χ1v) is 12.8. The van der Waals surface area contributed by atoms with Gasteiger partial charge in [0, 0.05) is 17.8 Å².